The second kappa shape index (κ2) is 6.06. The number of hydrogen-bond donors (Lipinski definition) is 1. The normalized spacial score (nSPS) is 14.4. The molecule has 0 aliphatic heterocycles. The monoisotopic (exact) mass is 283 g/mol. The first-order valence-corrected chi connectivity index (χ1v) is 8.30. The van der Waals surface area contributed by atoms with Crippen LogP contribution in [0.3, 0.4) is 0 Å². The Morgan fingerprint density at radius 3 is 2.16 bits per heavy atom. The number of hydrogen-bond acceptors (Lipinski definition) is 3. The van der Waals surface area contributed by atoms with Gasteiger partial charge in [0.15, 0.2) is 9.84 Å². The van der Waals surface area contributed by atoms with Gasteiger partial charge in [-0.3, -0.25) is 0 Å². The van der Waals surface area contributed by atoms with E-state index in [1.165, 1.54) is 5.56 Å². The first kappa shape index (κ1) is 16.2. The van der Waals surface area contributed by atoms with E-state index in [9.17, 15) is 8.42 Å². The summed E-state index contributed by atoms with van der Waals surface area (Å²) in [6.45, 7) is 7.23. The first-order valence-electron chi connectivity index (χ1n) is 6.65. The zero-order valence-corrected chi connectivity index (χ0v) is 13.1. The van der Waals surface area contributed by atoms with Crippen molar-refractivity contribution in [1.82, 2.24) is 0 Å². The molecule has 0 radical (unpaired) electrons. The molecule has 0 heterocycles. The summed E-state index contributed by atoms with van der Waals surface area (Å²) in [5.41, 5.74) is 8.40. The van der Waals surface area contributed by atoms with E-state index < -0.39 is 14.6 Å². The highest BCUT2D eigenvalue weighted by Gasteiger charge is 2.28. The van der Waals surface area contributed by atoms with E-state index in [-0.39, 0.29) is 11.8 Å². The largest absolute Gasteiger partial charge is 0.327 e. The number of benzene rings is 1. The average molecular weight is 283 g/mol. The van der Waals surface area contributed by atoms with Gasteiger partial charge in [-0.25, -0.2) is 8.42 Å². The molecule has 0 saturated heterocycles. The van der Waals surface area contributed by atoms with Crippen LogP contribution in [0.2, 0.25) is 0 Å². The molecule has 1 unspecified atom stereocenters. The zero-order valence-electron chi connectivity index (χ0n) is 12.3. The van der Waals surface area contributed by atoms with Crippen LogP contribution < -0.4 is 5.73 Å². The summed E-state index contributed by atoms with van der Waals surface area (Å²) in [6, 6.07) is 8.09. The van der Waals surface area contributed by atoms with Gasteiger partial charge in [-0.15, -0.1) is 0 Å². The molecule has 1 atom stereocenters. The Balaban J connectivity index is 2.53. The summed E-state index contributed by atoms with van der Waals surface area (Å²) in [7, 11) is -3.07. The molecule has 0 aromatic heterocycles. The van der Waals surface area contributed by atoms with Gasteiger partial charge in [0.25, 0.3) is 0 Å². The molecule has 108 valence electrons. The molecule has 0 fully saturated rings. The fraction of sp³-hybridized carbons (Fsp3) is 0.600. The topological polar surface area (TPSA) is 60.2 Å². The fourth-order valence-corrected chi connectivity index (χ4v) is 2.97. The lowest BCUT2D eigenvalue weighted by Crippen LogP contribution is -2.34. The number of nitrogens with two attached hydrogens (primary N) is 1. The van der Waals surface area contributed by atoms with Crippen molar-refractivity contribution in [2.24, 2.45) is 5.73 Å². The van der Waals surface area contributed by atoms with Crippen molar-refractivity contribution in [2.45, 2.75) is 51.3 Å². The minimum absolute atomic E-state index is 0.111. The highest BCUT2D eigenvalue weighted by molar-refractivity contribution is 7.92. The average Bonchev–Trinajstić information content (AvgIpc) is 2.28. The quantitative estimate of drug-likeness (QED) is 0.903. The van der Waals surface area contributed by atoms with Crippen molar-refractivity contribution >= 4 is 9.84 Å². The smallest absolute Gasteiger partial charge is 0.155 e. The van der Waals surface area contributed by atoms with Gasteiger partial charge in [0.2, 0.25) is 0 Å². The van der Waals surface area contributed by atoms with Gasteiger partial charge in [0.05, 0.1) is 10.5 Å². The molecule has 1 aromatic rings. The van der Waals surface area contributed by atoms with E-state index in [0.717, 1.165) is 12.0 Å². The van der Waals surface area contributed by atoms with Gasteiger partial charge >= 0.3 is 0 Å². The summed E-state index contributed by atoms with van der Waals surface area (Å²) in [4.78, 5) is 0. The fourth-order valence-electron chi connectivity index (χ4n) is 1.74. The molecular weight excluding hydrogens is 258 g/mol. The maximum absolute atomic E-state index is 12.0. The van der Waals surface area contributed by atoms with E-state index >= 15 is 0 Å². The van der Waals surface area contributed by atoms with Crippen LogP contribution in [0.4, 0.5) is 0 Å². The third kappa shape index (κ3) is 4.96. The van der Waals surface area contributed by atoms with Crippen LogP contribution in [-0.2, 0) is 16.3 Å². The second-order valence-corrected chi connectivity index (χ2v) is 9.03. The number of rotatable bonds is 5. The van der Waals surface area contributed by atoms with Crippen molar-refractivity contribution in [3.63, 3.8) is 0 Å². The van der Waals surface area contributed by atoms with E-state index in [2.05, 4.69) is 0 Å². The molecule has 1 rings (SSSR count). The van der Waals surface area contributed by atoms with E-state index in [1.54, 1.807) is 20.8 Å². The van der Waals surface area contributed by atoms with Crippen molar-refractivity contribution in [3.05, 3.63) is 35.4 Å². The van der Waals surface area contributed by atoms with Crippen LogP contribution in [-0.4, -0.2) is 25.0 Å². The van der Waals surface area contributed by atoms with Crippen LogP contribution in [0.5, 0.6) is 0 Å². The summed E-state index contributed by atoms with van der Waals surface area (Å²) in [5, 5.41) is 0. The second-order valence-electron chi connectivity index (χ2n) is 6.17. The number of aryl methyl sites for hydroxylation is 1. The molecule has 3 nitrogen and oxygen atoms in total. The Kier molecular flexibility index (Phi) is 5.16. The molecule has 0 bridgehead atoms. The Morgan fingerprint density at radius 2 is 1.68 bits per heavy atom. The molecule has 0 aliphatic carbocycles. The summed E-state index contributed by atoms with van der Waals surface area (Å²) in [6.07, 6.45) is 1.23. The Labute approximate surface area is 117 Å². The minimum Gasteiger partial charge on any atom is -0.327 e. The third-order valence-corrected chi connectivity index (χ3v) is 5.95. The van der Waals surface area contributed by atoms with Crippen molar-refractivity contribution in [1.29, 1.82) is 0 Å². The molecular formula is C15H25NO2S. The Hall–Kier alpha value is -0.870. The highest BCUT2D eigenvalue weighted by atomic mass is 32.2. The predicted octanol–water partition coefficient (Wildman–Crippen LogP) is 2.47. The van der Waals surface area contributed by atoms with Crippen LogP contribution in [0.25, 0.3) is 0 Å². The Morgan fingerprint density at radius 1 is 1.16 bits per heavy atom. The van der Waals surface area contributed by atoms with Crippen molar-refractivity contribution < 1.29 is 8.42 Å². The summed E-state index contributed by atoms with van der Waals surface area (Å²) >= 11 is 0. The van der Waals surface area contributed by atoms with Gasteiger partial charge in [-0.05, 0) is 46.1 Å². The molecule has 1 aromatic carbocycles. The molecule has 0 amide bonds. The highest BCUT2D eigenvalue weighted by Crippen LogP contribution is 2.17. The van der Waals surface area contributed by atoms with Gasteiger partial charge in [-0.1, -0.05) is 29.8 Å². The van der Waals surface area contributed by atoms with Crippen molar-refractivity contribution in [2.75, 3.05) is 5.75 Å². The lowest BCUT2D eigenvalue weighted by molar-refractivity contribution is 0.549. The van der Waals surface area contributed by atoms with Gasteiger partial charge in [-0.2, -0.15) is 0 Å². The maximum atomic E-state index is 12.0. The SMILES string of the molecule is Cc1ccc(CC(N)CCS(=O)(=O)C(C)(C)C)cc1. The summed E-state index contributed by atoms with van der Waals surface area (Å²) in [5.74, 6) is 0.156. The van der Waals surface area contributed by atoms with E-state index in [1.807, 2.05) is 31.2 Å². The molecule has 0 spiro atoms. The molecule has 2 N–H and O–H groups in total. The van der Waals surface area contributed by atoms with Gasteiger partial charge in [0.1, 0.15) is 0 Å². The summed E-state index contributed by atoms with van der Waals surface area (Å²) < 4.78 is 23.3. The predicted molar refractivity (Wildman–Crippen MR) is 81.0 cm³/mol. The molecule has 19 heavy (non-hydrogen) atoms. The molecule has 0 saturated carbocycles. The lowest BCUT2D eigenvalue weighted by Gasteiger charge is -2.20. The first-order chi connectivity index (χ1) is 8.62. The third-order valence-electron chi connectivity index (χ3n) is 3.31. The van der Waals surface area contributed by atoms with Crippen LogP contribution >= 0.6 is 0 Å². The zero-order chi connectivity index (χ0) is 14.7. The van der Waals surface area contributed by atoms with Crippen LogP contribution in [0, 0.1) is 6.92 Å². The van der Waals surface area contributed by atoms with E-state index in [0.29, 0.717) is 6.42 Å². The molecule has 0 aliphatic rings. The number of sulfone groups is 1. The standard InChI is InChI=1S/C15H25NO2S/c1-12-5-7-13(8-6-12)11-14(16)9-10-19(17,18)15(2,3)4/h5-8,14H,9-11,16H2,1-4H3. The maximum Gasteiger partial charge on any atom is 0.155 e. The van der Waals surface area contributed by atoms with Gasteiger partial charge < -0.3 is 5.73 Å². The van der Waals surface area contributed by atoms with Crippen molar-refractivity contribution in [3.8, 4) is 0 Å². The lowest BCUT2D eigenvalue weighted by atomic mass is 10.0. The van der Waals surface area contributed by atoms with E-state index in [4.69, 9.17) is 5.73 Å². The van der Waals surface area contributed by atoms with Gasteiger partial charge in [0, 0.05) is 6.04 Å². The van der Waals surface area contributed by atoms with Crippen LogP contribution in [0.15, 0.2) is 24.3 Å². The Bertz CT molecular complexity index is 498. The van der Waals surface area contributed by atoms with Crippen LogP contribution in [0.1, 0.15) is 38.3 Å². The minimum atomic E-state index is -3.07. The molecule has 4 heteroatoms.